The number of rotatable bonds is 7. The molecule has 0 spiro atoms. The van der Waals surface area contributed by atoms with E-state index in [0.29, 0.717) is 11.5 Å². The Morgan fingerprint density at radius 2 is 1.92 bits per heavy atom. The van der Waals surface area contributed by atoms with Crippen molar-refractivity contribution in [3.8, 4) is 0 Å². The fraction of sp³-hybridized carbons (Fsp3) is 0.526. The van der Waals surface area contributed by atoms with Gasteiger partial charge in [0.1, 0.15) is 19.4 Å². The van der Waals surface area contributed by atoms with Crippen LogP contribution in [0.5, 0.6) is 0 Å². The first-order valence-electron chi connectivity index (χ1n) is 8.80. The molecule has 1 saturated carbocycles. The summed E-state index contributed by atoms with van der Waals surface area (Å²) in [5, 5.41) is 17.1. The van der Waals surface area contributed by atoms with Gasteiger partial charge in [-0.3, -0.25) is 0 Å². The summed E-state index contributed by atoms with van der Waals surface area (Å²) < 4.78 is 0. The van der Waals surface area contributed by atoms with Crippen molar-refractivity contribution >= 4 is 17.9 Å². The Bertz CT molecular complexity index is 579. The topological polar surface area (TPSA) is 80.5 Å². The summed E-state index contributed by atoms with van der Waals surface area (Å²) in [6.45, 7) is 4.10. The maximum Gasteiger partial charge on any atom is 0.336 e. The summed E-state index contributed by atoms with van der Waals surface area (Å²) in [7, 11) is 1.51. The molecule has 6 heteroatoms. The van der Waals surface area contributed by atoms with Crippen LogP contribution in [0.25, 0.3) is 0 Å². The average Bonchev–Trinajstić information content (AvgIpc) is 2.67. The van der Waals surface area contributed by atoms with E-state index in [2.05, 4.69) is 10.3 Å². The largest absolute Gasteiger partial charge is 0.478 e. The lowest BCUT2D eigenvalue weighted by atomic mass is 9.86. The number of benzene rings is 1. The van der Waals surface area contributed by atoms with Gasteiger partial charge < -0.3 is 14.8 Å². The molecule has 138 valence electrons. The zero-order valence-electron chi connectivity index (χ0n) is 15.3. The molecule has 1 fully saturated rings. The molecule has 1 aliphatic carbocycles. The van der Waals surface area contributed by atoms with E-state index in [0.717, 1.165) is 18.6 Å². The maximum atomic E-state index is 11.1. The van der Waals surface area contributed by atoms with Crippen LogP contribution in [0.3, 0.4) is 0 Å². The number of carbonyl (C=O) groups is 1. The van der Waals surface area contributed by atoms with Crippen LogP contribution in [0.4, 0.5) is 0 Å². The van der Waals surface area contributed by atoms with Gasteiger partial charge in [-0.25, -0.2) is 4.79 Å². The molecule has 0 bridgehead atoms. The second kappa shape index (κ2) is 12.1. The highest BCUT2D eigenvalue weighted by molar-refractivity contribution is 6.31. The fourth-order valence-electron chi connectivity index (χ4n) is 2.76. The summed E-state index contributed by atoms with van der Waals surface area (Å²) in [4.78, 5) is 21.3. The smallest absolute Gasteiger partial charge is 0.336 e. The summed E-state index contributed by atoms with van der Waals surface area (Å²) in [5.41, 5.74) is 1.58. The van der Waals surface area contributed by atoms with Crippen LogP contribution in [0.1, 0.15) is 61.9 Å². The molecule has 0 heterocycles. The second-order valence-corrected chi connectivity index (χ2v) is 5.50. The standard InChI is InChI=1S/C17H22N2O4.C2H6/c1-22-19-16(13-7-3-2-4-8-13)11-18-23-12-14-9-5-6-10-15(14)17(20)21;1-2/h5-6,9-11,13H,2-4,7-8,12H2,1H3,(H,20,21);1-2H3/b18-11?,19-16-;. The number of carboxylic acid groups (broad SMARTS) is 1. The monoisotopic (exact) mass is 348 g/mol. The summed E-state index contributed by atoms with van der Waals surface area (Å²) in [6, 6.07) is 6.71. The molecule has 1 aliphatic rings. The van der Waals surface area contributed by atoms with Crippen LogP contribution in [0.15, 0.2) is 34.6 Å². The first kappa shape index (κ1) is 20.7. The highest BCUT2D eigenvalue weighted by Crippen LogP contribution is 2.24. The number of carboxylic acids is 1. The molecule has 1 aromatic carbocycles. The molecule has 0 unspecified atom stereocenters. The van der Waals surface area contributed by atoms with Crippen LogP contribution in [-0.4, -0.2) is 30.1 Å². The van der Waals surface area contributed by atoms with E-state index < -0.39 is 5.97 Å². The van der Waals surface area contributed by atoms with Crippen LogP contribution in [0, 0.1) is 5.92 Å². The highest BCUT2D eigenvalue weighted by Gasteiger charge is 2.19. The lowest BCUT2D eigenvalue weighted by molar-refractivity contribution is 0.0688. The van der Waals surface area contributed by atoms with Crippen molar-refractivity contribution < 1.29 is 19.6 Å². The molecular formula is C19H28N2O4. The van der Waals surface area contributed by atoms with Gasteiger partial charge in [-0.05, 0) is 18.9 Å². The van der Waals surface area contributed by atoms with Crippen molar-refractivity contribution in [1.29, 1.82) is 0 Å². The molecule has 0 saturated heterocycles. The van der Waals surface area contributed by atoms with Crippen molar-refractivity contribution in [2.45, 2.75) is 52.6 Å². The van der Waals surface area contributed by atoms with Crippen LogP contribution in [0.2, 0.25) is 0 Å². The molecule has 1 N–H and O–H groups in total. The van der Waals surface area contributed by atoms with Gasteiger partial charge in [-0.15, -0.1) is 0 Å². The maximum absolute atomic E-state index is 11.1. The van der Waals surface area contributed by atoms with Gasteiger partial charge in [-0.2, -0.15) is 0 Å². The van der Waals surface area contributed by atoms with E-state index in [9.17, 15) is 4.79 Å². The Kier molecular flexibility index (Phi) is 9.97. The SMILES string of the molecule is CC.CO/N=C(/C=NOCc1ccccc1C(=O)O)C1CCCCC1. The first-order valence-corrected chi connectivity index (χ1v) is 8.80. The Labute approximate surface area is 149 Å². The van der Waals surface area contributed by atoms with Crippen molar-refractivity contribution in [3.05, 3.63) is 35.4 Å². The van der Waals surface area contributed by atoms with E-state index in [1.807, 2.05) is 13.8 Å². The fourth-order valence-corrected chi connectivity index (χ4v) is 2.76. The van der Waals surface area contributed by atoms with E-state index in [1.54, 1.807) is 30.5 Å². The van der Waals surface area contributed by atoms with E-state index in [4.69, 9.17) is 14.8 Å². The van der Waals surface area contributed by atoms with Crippen LogP contribution in [-0.2, 0) is 16.3 Å². The highest BCUT2D eigenvalue weighted by atomic mass is 16.6. The van der Waals surface area contributed by atoms with Gasteiger partial charge in [0.05, 0.1) is 11.8 Å². The molecular weight excluding hydrogens is 320 g/mol. The third-order valence-corrected chi connectivity index (χ3v) is 3.95. The third-order valence-electron chi connectivity index (χ3n) is 3.95. The van der Waals surface area contributed by atoms with Crippen LogP contribution >= 0.6 is 0 Å². The number of aromatic carboxylic acids is 1. The lowest BCUT2D eigenvalue weighted by Gasteiger charge is -2.20. The van der Waals surface area contributed by atoms with E-state index >= 15 is 0 Å². The van der Waals surface area contributed by atoms with Gasteiger partial charge in [0, 0.05) is 11.5 Å². The van der Waals surface area contributed by atoms with Gasteiger partial charge in [0.2, 0.25) is 0 Å². The summed E-state index contributed by atoms with van der Waals surface area (Å²) >= 11 is 0. The number of oxime groups is 2. The molecule has 0 aliphatic heterocycles. The second-order valence-electron chi connectivity index (χ2n) is 5.50. The Hall–Kier alpha value is -2.37. The predicted octanol–water partition coefficient (Wildman–Crippen LogP) is 4.50. The Morgan fingerprint density at radius 1 is 1.24 bits per heavy atom. The molecule has 0 aromatic heterocycles. The third kappa shape index (κ3) is 6.95. The average molecular weight is 348 g/mol. The first-order chi connectivity index (χ1) is 12.2. The minimum Gasteiger partial charge on any atom is -0.478 e. The molecule has 6 nitrogen and oxygen atoms in total. The minimum absolute atomic E-state index is 0.101. The number of hydrogen-bond donors (Lipinski definition) is 1. The summed E-state index contributed by atoms with van der Waals surface area (Å²) in [5.74, 6) is -0.626. The van der Waals surface area contributed by atoms with E-state index in [1.165, 1.54) is 26.4 Å². The van der Waals surface area contributed by atoms with Crippen LogP contribution < -0.4 is 0 Å². The molecule has 0 amide bonds. The predicted molar refractivity (Wildman–Crippen MR) is 99.0 cm³/mol. The van der Waals surface area contributed by atoms with Crippen molar-refractivity contribution in [3.63, 3.8) is 0 Å². The molecule has 0 atom stereocenters. The zero-order chi connectivity index (χ0) is 18.5. The normalized spacial score (nSPS) is 15.4. The zero-order valence-corrected chi connectivity index (χ0v) is 15.3. The number of nitrogens with zero attached hydrogens (tertiary/aromatic N) is 2. The minimum atomic E-state index is -0.975. The van der Waals surface area contributed by atoms with Crippen molar-refractivity contribution in [2.75, 3.05) is 7.11 Å². The van der Waals surface area contributed by atoms with Crippen molar-refractivity contribution in [2.24, 2.45) is 16.2 Å². The number of hydrogen-bond acceptors (Lipinski definition) is 5. The quantitative estimate of drug-likeness (QED) is 0.581. The van der Waals surface area contributed by atoms with Gasteiger partial charge >= 0.3 is 5.97 Å². The Balaban J connectivity index is 0.00000151. The van der Waals surface area contributed by atoms with Crippen molar-refractivity contribution in [1.82, 2.24) is 0 Å². The summed E-state index contributed by atoms with van der Waals surface area (Å²) in [6.07, 6.45) is 7.37. The van der Waals surface area contributed by atoms with E-state index in [-0.39, 0.29) is 12.2 Å². The lowest BCUT2D eigenvalue weighted by Crippen LogP contribution is -2.19. The molecule has 0 radical (unpaired) electrons. The Morgan fingerprint density at radius 3 is 2.56 bits per heavy atom. The molecule has 1 aromatic rings. The van der Waals surface area contributed by atoms with Gasteiger partial charge in [-0.1, -0.05) is 61.6 Å². The molecule has 25 heavy (non-hydrogen) atoms. The van der Waals surface area contributed by atoms with Gasteiger partial charge in [0.25, 0.3) is 0 Å². The molecule has 2 rings (SSSR count). The van der Waals surface area contributed by atoms with Gasteiger partial charge in [0.15, 0.2) is 0 Å².